The SMILES string of the molecule is CCCCOC1CC(N(C)C(=O)c2ccc(C(=O)O)nc2)C1(C)C. The molecule has 1 aliphatic rings. The summed E-state index contributed by atoms with van der Waals surface area (Å²) in [7, 11) is 1.78. The molecule has 0 radical (unpaired) electrons. The second-order valence-corrected chi connectivity index (χ2v) is 6.94. The summed E-state index contributed by atoms with van der Waals surface area (Å²) in [6.07, 6.45) is 4.46. The molecule has 2 atom stereocenters. The number of unbranched alkanes of at least 4 members (excludes halogenated alkanes) is 1. The van der Waals surface area contributed by atoms with Crippen molar-refractivity contribution >= 4 is 11.9 Å². The van der Waals surface area contributed by atoms with Crippen LogP contribution in [0.5, 0.6) is 0 Å². The smallest absolute Gasteiger partial charge is 0.354 e. The van der Waals surface area contributed by atoms with Crippen LogP contribution < -0.4 is 0 Å². The molecule has 2 rings (SSSR count). The molecule has 0 spiro atoms. The summed E-state index contributed by atoms with van der Waals surface area (Å²) < 4.78 is 5.93. The monoisotopic (exact) mass is 334 g/mol. The van der Waals surface area contributed by atoms with Crippen molar-refractivity contribution in [3.63, 3.8) is 0 Å². The number of hydrogen-bond acceptors (Lipinski definition) is 4. The summed E-state index contributed by atoms with van der Waals surface area (Å²) in [5.41, 5.74) is 0.225. The van der Waals surface area contributed by atoms with Crippen LogP contribution in [0.2, 0.25) is 0 Å². The van der Waals surface area contributed by atoms with E-state index in [-0.39, 0.29) is 29.2 Å². The second-order valence-electron chi connectivity index (χ2n) is 6.94. The molecule has 1 heterocycles. The molecule has 1 fully saturated rings. The third-order valence-electron chi connectivity index (χ3n) is 4.96. The fourth-order valence-corrected chi connectivity index (χ4v) is 3.17. The number of nitrogens with zero attached hydrogens (tertiary/aromatic N) is 2. The largest absolute Gasteiger partial charge is 0.477 e. The highest BCUT2D eigenvalue weighted by molar-refractivity contribution is 5.95. The molecule has 24 heavy (non-hydrogen) atoms. The number of carbonyl (C=O) groups excluding carboxylic acids is 1. The molecular weight excluding hydrogens is 308 g/mol. The third-order valence-corrected chi connectivity index (χ3v) is 4.96. The van der Waals surface area contributed by atoms with Crippen molar-refractivity contribution in [2.24, 2.45) is 5.41 Å². The van der Waals surface area contributed by atoms with E-state index in [1.165, 1.54) is 18.3 Å². The molecule has 1 aliphatic carbocycles. The van der Waals surface area contributed by atoms with Crippen LogP contribution in [0, 0.1) is 5.41 Å². The highest BCUT2D eigenvalue weighted by Crippen LogP contribution is 2.45. The van der Waals surface area contributed by atoms with E-state index < -0.39 is 5.97 Å². The van der Waals surface area contributed by atoms with E-state index >= 15 is 0 Å². The molecule has 0 saturated heterocycles. The molecule has 6 nitrogen and oxygen atoms in total. The van der Waals surface area contributed by atoms with E-state index in [0.717, 1.165) is 25.9 Å². The lowest BCUT2D eigenvalue weighted by Crippen LogP contribution is -2.62. The first-order valence-electron chi connectivity index (χ1n) is 8.37. The number of carboxylic acid groups (broad SMARTS) is 1. The van der Waals surface area contributed by atoms with E-state index in [1.807, 2.05) is 0 Å². The second kappa shape index (κ2) is 7.30. The van der Waals surface area contributed by atoms with E-state index in [4.69, 9.17) is 9.84 Å². The first kappa shape index (κ1) is 18.4. The Morgan fingerprint density at radius 2 is 2.12 bits per heavy atom. The van der Waals surface area contributed by atoms with Gasteiger partial charge in [-0.05, 0) is 25.0 Å². The molecular formula is C18H26N2O4. The van der Waals surface area contributed by atoms with Gasteiger partial charge in [0.15, 0.2) is 0 Å². The van der Waals surface area contributed by atoms with Gasteiger partial charge in [-0.1, -0.05) is 27.2 Å². The van der Waals surface area contributed by atoms with Gasteiger partial charge in [0, 0.05) is 31.3 Å². The van der Waals surface area contributed by atoms with Crippen LogP contribution in [0.4, 0.5) is 0 Å². The average molecular weight is 334 g/mol. The van der Waals surface area contributed by atoms with E-state index in [2.05, 4.69) is 25.8 Å². The van der Waals surface area contributed by atoms with Gasteiger partial charge in [0.1, 0.15) is 5.69 Å². The minimum Gasteiger partial charge on any atom is -0.477 e. The number of rotatable bonds is 7. The molecule has 1 amide bonds. The summed E-state index contributed by atoms with van der Waals surface area (Å²) in [5, 5.41) is 8.87. The van der Waals surface area contributed by atoms with Crippen LogP contribution in [-0.4, -0.2) is 52.7 Å². The number of hydrogen-bond donors (Lipinski definition) is 1. The minimum atomic E-state index is -1.10. The minimum absolute atomic E-state index is 0.0671. The van der Waals surface area contributed by atoms with Crippen LogP contribution in [0.15, 0.2) is 18.3 Å². The topological polar surface area (TPSA) is 79.7 Å². The molecule has 0 aromatic carbocycles. The molecule has 1 saturated carbocycles. The standard InChI is InChI=1S/C18H26N2O4/c1-5-6-9-24-15-10-14(18(15,2)3)20(4)16(21)12-7-8-13(17(22)23)19-11-12/h7-8,11,14-15H,5-6,9-10H2,1-4H3,(H,22,23). The van der Waals surface area contributed by atoms with Gasteiger partial charge in [-0.15, -0.1) is 0 Å². The van der Waals surface area contributed by atoms with Crippen molar-refractivity contribution in [1.82, 2.24) is 9.88 Å². The number of aromatic carboxylic acids is 1. The zero-order valence-electron chi connectivity index (χ0n) is 14.8. The van der Waals surface area contributed by atoms with E-state index in [9.17, 15) is 9.59 Å². The van der Waals surface area contributed by atoms with Crippen molar-refractivity contribution in [2.45, 2.75) is 52.2 Å². The van der Waals surface area contributed by atoms with Crippen LogP contribution in [0.3, 0.4) is 0 Å². The van der Waals surface area contributed by atoms with Crippen LogP contribution in [0.1, 0.15) is 60.9 Å². The molecule has 2 unspecified atom stereocenters. The Morgan fingerprint density at radius 3 is 2.62 bits per heavy atom. The number of aromatic nitrogens is 1. The zero-order valence-corrected chi connectivity index (χ0v) is 14.8. The number of ether oxygens (including phenoxy) is 1. The highest BCUT2D eigenvalue weighted by Gasteiger charge is 2.51. The Bertz CT molecular complexity index is 598. The number of carbonyl (C=O) groups is 2. The van der Waals surface area contributed by atoms with Crippen molar-refractivity contribution in [3.8, 4) is 0 Å². The van der Waals surface area contributed by atoms with Gasteiger partial charge >= 0.3 is 5.97 Å². The van der Waals surface area contributed by atoms with Gasteiger partial charge in [-0.3, -0.25) is 4.79 Å². The number of amides is 1. The Balaban J connectivity index is 2.00. The summed E-state index contributed by atoms with van der Waals surface area (Å²) in [6.45, 7) is 7.13. The van der Waals surface area contributed by atoms with Crippen LogP contribution in [-0.2, 0) is 4.74 Å². The fraction of sp³-hybridized carbons (Fsp3) is 0.611. The molecule has 6 heteroatoms. The summed E-state index contributed by atoms with van der Waals surface area (Å²) >= 11 is 0. The quantitative estimate of drug-likeness (QED) is 0.776. The number of carboxylic acids is 1. The predicted molar refractivity (Wildman–Crippen MR) is 90.1 cm³/mol. The van der Waals surface area contributed by atoms with Crippen molar-refractivity contribution < 1.29 is 19.4 Å². The Hall–Kier alpha value is -1.95. The van der Waals surface area contributed by atoms with Gasteiger partial charge in [0.25, 0.3) is 5.91 Å². The Labute approximate surface area is 142 Å². The lowest BCUT2D eigenvalue weighted by molar-refractivity contribution is -0.140. The average Bonchev–Trinajstić information content (AvgIpc) is 2.56. The highest BCUT2D eigenvalue weighted by atomic mass is 16.5. The molecule has 132 valence electrons. The third kappa shape index (κ3) is 3.59. The maximum atomic E-state index is 12.6. The fourth-order valence-electron chi connectivity index (χ4n) is 3.17. The molecule has 0 bridgehead atoms. The van der Waals surface area contributed by atoms with Crippen LogP contribution >= 0.6 is 0 Å². The summed E-state index contributed by atoms with van der Waals surface area (Å²) in [4.78, 5) is 29.0. The maximum Gasteiger partial charge on any atom is 0.354 e. The lowest BCUT2D eigenvalue weighted by Gasteiger charge is -2.54. The normalized spacial score (nSPS) is 21.8. The maximum absolute atomic E-state index is 12.6. The predicted octanol–water partition coefficient (Wildman–Crippen LogP) is 2.84. The molecule has 0 aliphatic heterocycles. The molecule has 1 N–H and O–H groups in total. The number of pyridine rings is 1. The van der Waals surface area contributed by atoms with E-state index in [0.29, 0.717) is 5.56 Å². The Morgan fingerprint density at radius 1 is 1.42 bits per heavy atom. The Kier molecular flexibility index (Phi) is 5.59. The summed E-state index contributed by atoms with van der Waals surface area (Å²) in [6, 6.07) is 2.96. The first-order chi connectivity index (χ1) is 11.3. The van der Waals surface area contributed by atoms with E-state index in [1.54, 1.807) is 11.9 Å². The lowest BCUT2D eigenvalue weighted by atomic mass is 9.63. The van der Waals surface area contributed by atoms with Crippen LogP contribution in [0.25, 0.3) is 0 Å². The van der Waals surface area contributed by atoms with Gasteiger partial charge < -0.3 is 14.7 Å². The van der Waals surface area contributed by atoms with Crippen molar-refractivity contribution in [2.75, 3.05) is 13.7 Å². The molecule has 1 aromatic heterocycles. The first-order valence-corrected chi connectivity index (χ1v) is 8.37. The summed E-state index contributed by atoms with van der Waals surface area (Å²) in [5.74, 6) is -1.25. The zero-order chi connectivity index (χ0) is 17.9. The van der Waals surface area contributed by atoms with Gasteiger partial charge in [-0.25, -0.2) is 9.78 Å². The van der Waals surface area contributed by atoms with Gasteiger partial charge in [0.05, 0.1) is 11.7 Å². The van der Waals surface area contributed by atoms with Crippen molar-refractivity contribution in [1.29, 1.82) is 0 Å². The van der Waals surface area contributed by atoms with Gasteiger partial charge in [0.2, 0.25) is 0 Å². The molecule has 1 aromatic rings. The van der Waals surface area contributed by atoms with Crippen molar-refractivity contribution in [3.05, 3.63) is 29.6 Å². The van der Waals surface area contributed by atoms with Gasteiger partial charge in [-0.2, -0.15) is 0 Å².